The number of rotatable bonds is 7. The van der Waals surface area contributed by atoms with Crippen LogP contribution in [-0.4, -0.2) is 52.7 Å². The molecule has 2 aromatic rings. The predicted octanol–water partition coefficient (Wildman–Crippen LogP) is 2.30. The molecule has 0 saturated carbocycles. The second kappa shape index (κ2) is 9.12. The molecule has 2 heterocycles. The summed E-state index contributed by atoms with van der Waals surface area (Å²) in [5.41, 5.74) is 3.41. The van der Waals surface area contributed by atoms with Crippen molar-refractivity contribution in [3.8, 4) is 5.75 Å². The van der Waals surface area contributed by atoms with Crippen LogP contribution in [0.25, 0.3) is 0 Å². The van der Waals surface area contributed by atoms with E-state index in [-0.39, 0.29) is 11.9 Å². The third-order valence-electron chi connectivity index (χ3n) is 4.44. The molecular weight excluding hydrogens is 350 g/mol. The van der Waals surface area contributed by atoms with Gasteiger partial charge in [0.15, 0.2) is 0 Å². The van der Waals surface area contributed by atoms with Crippen LogP contribution in [0.15, 0.2) is 35.2 Å². The summed E-state index contributed by atoms with van der Waals surface area (Å²) >= 11 is 1.57. The number of likely N-dealkylation sites (tertiary alicyclic amines) is 1. The van der Waals surface area contributed by atoms with Crippen LogP contribution < -0.4 is 10.1 Å². The minimum atomic E-state index is -0.585. The lowest BCUT2D eigenvalue weighted by atomic mass is 10.0. The molecule has 1 amide bonds. The van der Waals surface area contributed by atoms with E-state index in [0.717, 1.165) is 37.4 Å². The van der Waals surface area contributed by atoms with E-state index >= 15 is 0 Å². The second-order valence-corrected chi connectivity index (χ2v) is 7.24. The molecule has 1 fully saturated rings. The molecule has 0 bridgehead atoms. The van der Waals surface area contributed by atoms with Crippen LogP contribution >= 0.6 is 11.3 Å². The van der Waals surface area contributed by atoms with E-state index in [4.69, 9.17) is 4.74 Å². The molecule has 6 nitrogen and oxygen atoms in total. The molecule has 0 spiro atoms. The number of piperidine rings is 1. The van der Waals surface area contributed by atoms with Gasteiger partial charge in [-0.05, 0) is 37.1 Å². The molecule has 0 unspecified atom stereocenters. The van der Waals surface area contributed by atoms with Gasteiger partial charge in [-0.15, -0.1) is 11.3 Å². The molecule has 3 rings (SSSR count). The fourth-order valence-electron chi connectivity index (χ4n) is 3.03. The zero-order chi connectivity index (χ0) is 18.4. The van der Waals surface area contributed by atoms with Gasteiger partial charge in [0, 0.05) is 30.6 Å². The molecule has 0 aliphatic carbocycles. The fraction of sp³-hybridized carbons (Fsp3) is 0.474. The van der Waals surface area contributed by atoms with Crippen molar-refractivity contribution in [3.05, 3.63) is 46.4 Å². The lowest BCUT2D eigenvalue weighted by Gasteiger charge is -2.35. The Labute approximate surface area is 157 Å². The molecule has 1 saturated heterocycles. The summed E-state index contributed by atoms with van der Waals surface area (Å²) in [5, 5.41) is 15.4. The molecule has 7 heteroatoms. The van der Waals surface area contributed by atoms with Crippen LogP contribution in [0, 0.1) is 0 Å². The van der Waals surface area contributed by atoms with Crippen LogP contribution in [0.2, 0.25) is 0 Å². The van der Waals surface area contributed by atoms with Gasteiger partial charge in [-0.1, -0.05) is 6.92 Å². The molecule has 26 heavy (non-hydrogen) atoms. The van der Waals surface area contributed by atoms with E-state index < -0.39 is 6.10 Å². The monoisotopic (exact) mass is 375 g/mol. The number of aliphatic hydroxyl groups excluding tert-OH is 1. The first-order valence-corrected chi connectivity index (χ1v) is 9.91. The van der Waals surface area contributed by atoms with E-state index in [1.165, 1.54) is 0 Å². The van der Waals surface area contributed by atoms with Crippen molar-refractivity contribution >= 4 is 17.2 Å². The Morgan fingerprint density at radius 2 is 2.23 bits per heavy atom. The van der Waals surface area contributed by atoms with E-state index in [1.807, 2.05) is 10.9 Å². The number of aliphatic hydroxyl groups is 1. The summed E-state index contributed by atoms with van der Waals surface area (Å²) in [5.74, 6) is 0.600. The fourth-order valence-corrected chi connectivity index (χ4v) is 3.58. The van der Waals surface area contributed by atoms with E-state index in [1.54, 1.807) is 35.6 Å². The van der Waals surface area contributed by atoms with Crippen LogP contribution in [0.4, 0.5) is 0 Å². The number of hydrogen-bond acceptors (Lipinski definition) is 6. The number of nitrogens with one attached hydrogen (secondary N) is 1. The zero-order valence-corrected chi connectivity index (χ0v) is 15.7. The van der Waals surface area contributed by atoms with E-state index in [9.17, 15) is 9.90 Å². The minimum Gasteiger partial charge on any atom is -0.494 e. The summed E-state index contributed by atoms with van der Waals surface area (Å²) in [7, 11) is 0. The first-order chi connectivity index (χ1) is 12.7. The molecule has 140 valence electrons. The first kappa shape index (κ1) is 18.8. The number of carbonyl (C=O) groups is 1. The van der Waals surface area contributed by atoms with Crippen molar-refractivity contribution in [2.75, 3.05) is 19.7 Å². The van der Waals surface area contributed by atoms with Crippen molar-refractivity contribution in [2.24, 2.45) is 0 Å². The van der Waals surface area contributed by atoms with Gasteiger partial charge >= 0.3 is 0 Å². The summed E-state index contributed by atoms with van der Waals surface area (Å²) < 4.78 is 5.53. The Morgan fingerprint density at radius 3 is 2.88 bits per heavy atom. The number of nitrogens with zero attached hydrogens (tertiary/aromatic N) is 2. The van der Waals surface area contributed by atoms with Crippen molar-refractivity contribution < 1.29 is 14.6 Å². The number of aromatic nitrogens is 1. The largest absolute Gasteiger partial charge is 0.494 e. The normalized spacial score (nSPS) is 20.7. The quantitative estimate of drug-likeness (QED) is 0.777. The SMILES string of the molecule is CCCOc1ccc(C(=O)N[C@@H]2CCN(Cc3cscn3)C[C@H]2O)cc1. The van der Waals surface area contributed by atoms with Crippen LogP contribution in [0.1, 0.15) is 35.8 Å². The number of thiazole rings is 1. The Balaban J connectivity index is 1.50. The number of β-amino-alcohol motifs (C(OH)–C–C–N with tert-alkyl or cyclic N) is 1. The molecular formula is C19H25N3O3S. The summed E-state index contributed by atoms with van der Waals surface area (Å²) in [6, 6.07) is 6.88. The van der Waals surface area contributed by atoms with E-state index in [0.29, 0.717) is 18.7 Å². The van der Waals surface area contributed by atoms with Gasteiger partial charge in [-0.25, -0.2) is 4.98 Å². The minimum absolute atomic E-state index is 0.163. The maximum absolute atomic E-state index is 12.4. The summed E-state index contributed by atoms with van der Waals surface area (Å²) in [6.07, 6.45) is 1.08. The second-order valence-electron chi connectivity index (χ2n) is 6.52. The maximum atomic E-state index is 12.4. The number of ether oxygens (including phenoxy) is 1. The Morgan fingerprint density at radius 1 is 1.42 bits per heavy atom. The third-order valence-corrected chi connectivity index (χ3v) is 5.08. The molecule has 1 aliphatic rings. The van der Waals surface area contributed by atoms with Crippen LogP contribution in [-0.2, 0) is 6.54 Å². The molecule has 0 radical (unpaired) electrons. The van der Waals surface area contributed by atoms with E-state index in [2.05, 4.69) is 22.1 Å². The molecule has 1 aromatic carbocycles. The highest BCUT2D eigenvalue weighted by Crippen LogP contribution is 2.16. The third kappa shape index (κ3) is 5.03. The standard InChI is InChI=1S/C19H25N3O3S/c1-2-9-25-16-5-3-14(4-6-16)19(24)21-17-7-8-22(11-18(17)23)10-15-12-26-13-20-15/h3-6,12-13,17-18,23H,2,7-11H2,1H3,(H,21,24)/t17-,18-/m1/s1. The maximum Gasteiger partial charge on any atom is 0.251 e. The lowest BCUT2D eigenvalue weighted by Crippen LogP contribution is -2.53. The van der Waals surface area contributed by atoms with Gasteiger partial charge < -0.3 is 15.2 Å². The average molecular weight is 375 g/mol. The number of carbonyl (C=O) groups excluding carboxylic acids is 1. The Bertz CT molecular complexity index is 691. The van der Waals surface area contributed by atoms with Gasteiger partial charge in [0.05, 0.1) is 30.0 Å². The van der Waals surface area contributed by atoms with Gasteiger partial charge in [0.1, 0.15) is 5.75 Å². The van der Waals surface area contributed by atoms with Crippen molar-refractivity contribution in [2.45, 2.75) is 38.5 Å². The smallest absolute Gasteiger partial charge is 0.251 e. The molecule has 1 aliphatic heterocycles. The lowest BCUT2D eigenvalue weighted by molar-refractivity contribution is 0.0346. The highest BCUT2D eigenvalue weighted by Gasteiger charge is 2.29. The molecule has 2 atom stereocenters. The summed E-state index contributed by atoms with van der Waals surface area (Å²) in [4.78, 5) is 18.9. The summed E-state index contributed by atoms with van der Waals surface area (Å²) in [6.45, 7) is 4.81. The van der Waals surface area contributed by atoms with Gasteiger partial charge in [-0.2, -0.15) is 0 Å². The van der Waals surface area contributed by atoms with Crippen molar-refractivity contribution in [3.63, 3.8) is 0 Å². The zero-order valence-electron chi connectivity index (χ0n) is 14.9. The highest BCUT2D eigenvalue weighted by atomic mass is 32.1. The highest BCUT2D eigenvalue weighted by molar-refractivity contribution is 7.07. The number of amides is 1. The molecule has 2 N–H and O–H groups in total. The Hall–Kier alpha value is -1.96. The Kier molecular flexibility index (Phi) is 6.60. The predicted molar refractivity (Wildman–Crippen MR) is 101 cm³/mol. The molecule has 1 aromatic heterocycles. The van der Waals surface area contributed by atoms with Crippen molar-refractivity contribution in [1.82, 2.24) is 15.2 Å². The number of benzene rings is 1. The van der Waals surface area contributed by atoms with Crippen LogP contribution in [0.3, 0.4) is 0 Å². The van der Waals surface area contributed by atoms with Crippen LogP contribution in [0.5, 0.6) is 5.75 Å². The topological polar surface area (TPSA) is 74.7 Å². The first-order valence-electron chi connectivity index (χ1n) is 8.97. The van der Waals surface area contributed by atoms with Gasteiger partial charge in [0.2, 0.25) is 0 Å². The van der Waals surface area contributed by atoms with Gasteiger partial charge in [-0.3, -0.25) is 9.69 Å². The van der Waals surface area contributed by atoms with Gasteiger partial charge in [0.25, 0.3) is 5.91 Å². The average Bonchev–Trinajstić information content (AvgIpc) is 3.15. The van der Waals surface area contributed by atoms with Crippen molar-refractivity contribution in [1.29, 1.82) is 0 Å². The number of hydrogen-bond donors (Lipinski definition) is 2.